The minimum absolute atomic E-state index is 0. The van der Waals surface area contributed by atoms with Crippen LogP contribution in [-0.2, 0) is 13.0 Å². The first-order valence-electron chi connectivity index (χ1n) is 9.32. The zero-order valence-electron chi connectivity index (χ0n) is 16.3. The SMILES string of the molecule is CCNC(=NCc1coc(-c2ccc(C)cc2)n1)NCCc1ccccc1.I. The highest BCUT2D eigenvalue weighted by atomic mass is 127. The van der Waals surface area contributed by atoms with Gasteiger partial charge < -0.3 is 15.1 Å². The standard InChI is InChI=1S/C22H26N4O.HI/c1-3-23-22(24-14-13-18-7-5-4-6-8-18)25-15-20-16-27-21(26-20)19-11-9-17(2)10-12-19;/h4-12,16H,3,13-15H2,1-2H3,(H2,23,24,25);1H. The van der Waals surface area contributed by atoms with Gasteiger partial charge in [-0.15, -0.1) is 24.0 Å². The van der Waals surface area contributed by atoms with E-state index < -0.39 is 0 Å². The van der Waals surface area contributed by atoms with Crippen LogP contribution in [0, 0.1) is 6.92 Å². The number of aryl methyl sites for hydroxylation is 1. The largest absolute Gasteiger partial charge is 0.444 e. The first kappa shape index (κ1) is 21.9. The average molecular weight is 490 g/mol. The fraction of sp³-hybridized carbons (Fsp3) is 0.273. The first-order valence-corrected chi connectivity index (χ1v) is 9.32. The van der Waals surface area contributed by atoms with Crippen LogP contribution in [0.25, 0.3) is 11.5 Å². The number of hydrogen-bond donors (Lipinski definition) is 2. The van der Waals surface area contributed by atoms with E-state index in [9.17, 15) is 0 Å². The van der Waals surface area contributed by atoms with Gasteiger partial charge in [0, 0.05) is 18.7 Å². The summed E-state index contributed by atoms with van der Waals surface area (Å²) in [6.07, 6.45) is 2.62. The molecular formula is C22H27IN4O. The van der Waals surface area contributed by atoms with Crippen LogP contribution in [0.1, 0.15) is 23.7 Å². The maximum Gasteiger partial charge on any atom is 0.226 e. The Hall–Kier alpha value is -2.35. The monoisotopic (exact) mass is 490 g/mol. The Morgan fingerprint density at radius 3 is 2.50 bits per heavy atom. The Labute approximate surface area is 183 Å². The van der Waals surface area contributed by atoms with Gasteiger partial charge in [0.2, 0.25) is 5.89 Å². The van der Waals surface area contributed by atoms with E-state index in [1.165, 1.54) is 11.1 Å². The fourth-order valence-corrected chi connectivity index (χ4v) is 2.68. The van der Waals surface area contributed by atoms with E-state index in [0.29, 0.717) is 12.4 Å². The second-order valence-electron chi connectivity index (χ2n) is 6.37. The molecule has 3 aromatic rings. The normalized spacial score (nSPS) is 11.0. The van der Waals surface area contributed by atoms with Gasteiger partial charge >= 0.3 is 0 Å². The maximum atomic E-state index is 5.60. The van der Waals surface area contributed by atoms with Crippen LogP contribution < -0.4 is 10.6 Å². The van der Waals surface area contributed by atoms with Gasteiger partial charge in [0.05, 0.1) is 6.54 Å². The van der Waals surface area contributed by atoms with Gasteiger partial charge in [-0.05, 0) is 38.0 Å². The van der Waals surface area contributed by atoms with E-state index in [-0.39, 0.29) is 24.0 Å². The van der Waals surface area contributed by atoms with E-state index in [1.54, 1.807) is 6.26 Å². The summed E-state index contributed by atoms with van der Waals surface area (Å²) in [4.78, 5) is 9.15. The molecule has 0 bridgehead atoms. The highest BCUT2D eigenvalue weighted by Gasteiger charge is 2.06. The minimum atomic E-state index is 0. The molecule has 0 saturated carbocycles. The summed E-state index contributed by atoms with van der Waals surface area (Å²) in [5.74, 6) is 1.41. The molecule has 3 rings (SSSR count). The van der Waals surface area contributed by atoms with Gasteiger partial charge in [-0.2, -0.15) is 0 Å². The minimum Gasteiger partial charge on any atom is -0.444 e. The quantitative estimate of drug-likeness (QED) is 0.290. The van der Waals surface area contributed by atoms with Crippen molar-refractivity contribution in [2.24, 2.45) is 4.99 Å². The average Bonchev–Trinajstić information content (AvgIpc) is 3.16. The lowest BCUT2D eigenvalue weighted by molar-refractivity contribution is 0.572. The molecule has 2 aromatic carbocycles. The second kappa shape index (κ2) is 11.5. The number of aliphatic imine (C=N–C) groups is 1. The molecule has 1 heterocycles. The van der Waals surface area contributed by atoms with Crippen LogP contribution in [0.4, 0.5) is 0 Å². The van der Waals surface area contributed by atoms with Gasteiger partial charge in [-0.3, -0.25) is 0 Å². The Morgan fingerprint density at radius 2 is 1.79 bits per heavy atom. The van der Waals surface area contributed by atoms with Crippen molar-refractivity contribution in [1.29, 1.82) is 0 Å². The Bertz CT molecular complexity index is 860. The molecule has 6 heteroatoms. The number of hydrogen-bond acceptors (Lipinski definition) is 3. The number of nitrogens with zero attached hydrogens (tertiary/aromatic N) is 2. The van der Waals surface area contributed by atoms with Crippen molar-refractivity contribution in [3.63, 3.8) is 0 Å². The van der Waals surface area contributed by atoms with Crippen LogP contribution in [0.3, 0.4) is 0 Å². The Morgan fingerprint density at radius 1 is 1.04 bits per heavy atom. The van der Waals surface area contributed by atoms with E-state index >= 15 is 0 Å². The number of guanidine groups is 1. The van der Waals surface area contributed by atoms with Crippen LogP contribution in [-0.4, -0.2) is 24.0 Å². The highest BCUT2D eigenvalue weighted by molar-refractivity contribution is 14.0. The molecule has 1 aromatic heterocycles. The molecule has 0 saturated heterocycles. The maximum absolute atomic E-state index is 5.60. The van der Waals surface area contributed by atoms with Gasteiger partial charge in [0.25, 0.3) is 0 Å². The van der Waals surface area contributed by atoms with E-state index in [0.717, 1.165) is 36.7 Å². The van der Waals surface area contributed by atoms with Crippen molar-refractivity contribution in [3.8, 4) is 11.5 Å². The molecule has 0 atom stereocenters. The van der Waals surface area contributed by atoms with Crippen LogP contribution in [0.15, 0.2) is 70.3 Å². The van der Waals surface area contributed by atoms with Crippen molar-refractivity contribution in [3.05, 3.63) is 77.7 Å². The summed E-state index contributed by atoms with van der Waals surface area (Å²) >= 11 is 0. The Balaban J connectivity index is 0.00000280. The lowest BCUT2D eigenvalue weighted by Crippen LogP contribution is -2.38. The molecule has 5 nitrogen and oxygen atoms in total. The summed E-state index contributed by atoms with van der Waals surface area (Å²) in [5, 5.41) is 6.63. The number of oxazole rings is 1. The van der Waals surface area contributed by atoms with E-state index in [1.807, 2.05) is 18.2 Å². The third kappa shape index (κ3) is 6.67. The van der Waals surface area contributed by atoms with Crippen molar-refractivity contribution < 1.29 is 4.42 Å². The molecule has 0 fully saturated rings. The highest BCUT2D eigenvalue weighted by Crippen LogP contribution is 2.19. The third-order valence-corrected chi connectivity index (χ3v) is 4.14. The number of halogens is 1. The Kier molecular flexibility index (Phi) is 9.00. The van der Waals surface area contributed by atoms with Crippen LogP contribution >= 0.6 is 24.0 Å². The van der Waals surface area contributed by atoms with Crippen molar-refractivity contribution >= 4 is 29.9 Å². The van der Waals surface area contributed by atoms with Gasteiger partial charge in [0.1, 0.15) is 12.0 Å². The summed E-state index contributed by atoms with van der Waals surface area (Å²) in [7, 11) is 0. The summed E-state index contributed by atoms with van der Waals surface area (Å²) in [5.41, 5.74) is 4.31. The smallest absolute Gasteiger partial charge is 0.226 e. The van der Waals surface area contributed by atoms with Gasteiger partial charge in [-0.1, -0.05) is 48.0 Å². The van der Waals surface area contributed by atoms with Gasteiger partial charge in [0.15, 0.2) is 5.96 Å². The lowest BCUT2D eigenvalue weighted by Gasteiger charge is -2.10. The zero-order chi connectivity index (χ0) is 18.9. The fourth-order valence-electron chi connectivity index (χ4n) is 2.68. The number of aromatic nitrogens is 1. The van der Waals surface area contributed by atoms with Crippen molar-refractivity contribution in [1.82, 2.24) is 15.6 Å². The molecular weight excluding hydrogens is 463 g/mol. The first-order chi connectivity index (χ1) is 13.2. The predicted molar refractivity (Wildman–Crippen MR) is 125 cm³/mol. The molecule has 0 aliphatic rings. The van der Waals surface area contributed by atoms with Gasteiger partial charge in [-0.25, -0.2) is 9.98 Å². The molecule has 0 amide bonds. The molecule has 0 aliphatic carbocycles. The number of nitrogens with one attached hydrogen (secondary N) is 2. The molecule has 2 N–H and O–H groups in total. The predicted octanol–water partition coefficient (Wildman–Crippen LogP) is 4.57. The van der Waals surface area contributed by atoms with E-state index in [2.05, 4.69) is 70.9 Å². The second-order valence-corrected chi connectivity index (χ2v) is 6.37. The molecule has 0 spiro atoms. The lowest BCUT2D eigenvalue weighted by atomic mass is 10.1. The summed E-state index contributed by atoms with van der Waals surface area (Å²) < 4.78 is 5.60. The molecule has 0 radical (unpaired) electrons. The van der Waals surface area contributed by atoms with Crippen molar-refractivity contribution in [2.45, 2.75) is 26.8 Å². The third-order valence-electron chi connectivity index (χ3n) is 4.14. The number of benzene rings is 2. The van der Waals surface area contributed by atoms with Crippen molar-refractivity contribution in [2.75, 3.05) is 13.1 Å². The summed E-state index contributed by atoms with van der Waals surface area (Å²) in [6, 6.07) is 18.6. The van der Waals surface area contributed by atoms with Crippen LogP contribution in [0.5, 0.6) is 0 Å². The summed E-state index contributed by atoms with van der Waals surface area (Å²) in [6.45, 7) is 6.22. The van der Waals surface area contributed by atoms with Crippen LogP contribution in [0.2, 0.25) is 0 Å². The topological polar surface area (TPSA) is 62.5 Å². The molecule has 28 heavy (non-hydrogen) atoms. The van der Waals surface area contributed by atoms with E-state index in [4.69, 9.17) is 4.42 Å². The molecule has 0 unspecified atom stereocenters. The molecule has 0 aliphatic heterocycles. The molecule has 148 valence electrons. The number of rotatable bonds is 7. The zero-order valence-corrected chi connectivity index (χ0v) is 18.6.